The lowest BCUT2D eigenvalue weighted by molar-refractivity contribution is -0.141. The largest absolute Gasteiger partial charge is 0.508 e. The van der Waals surface area contributed by atoms with Crippen LogP contribution in [0, 0.1) is 6.92 Å². The van der Waals surface area contributed by atoms with Gasteiger partial charge in [0.2, 0.25) is 5.91 Å². The van der Waals surface area contributed by atoms with Crippen LogP contribution in [0.5, 0.6) is 11.5 Å². The van der Waals surface area contributed by atoms with Gasteiger partial charge in [-0.2, -0.15) is 0 Å². The first-order valence-electron chi connectivity index (χ1n) is 9.80. The second-order valence-electron chi connectivity index (χ2n) is 7.53. The van der Waals surface area contributed by atoms with Crippen LogP contribution in [0.1, 0.15) is 16.7 Å². The number of aromatic hydroxyl groups is 2. The summed E-state index contributed by atoms with van der Waals surface area (Å²) < 4.78 is 5.15. The van der Waals surface area contributed by atoms with Crippen molar-refractivity contribution in [3.8, 4) is 11.5 Å². The number of fused-ring (bicyclic) bond motifs is 2. The molecule has 0 aliphatic rings. The van der Waals surface area contributed by atoms with E-state index in [0.29, 0.717) is 5.56 Å². The Morgan fingerprint density at radius 2 is 1.94 bits per heavy atom. The first-order valence-corrected chi connectivity index (χ1v) is 9.80. The van der Waals surface area contributed by atoms with Crippen LogP contribution >= 0.6 is 0 Å². The Balaban J connectivity index is 1.58. The van der Waals surface area contributed by atoms with Gasteiger partial charge in [0.05, 0.1) is 17.4 Å². The van der Waals surface area contributed by atoms with Gasteiger partial charge < -0.3 is 30.0 Å². The van der Waals surface area contributed by atoms with Crippen LogP contribution < -0.4 is 10.9 Å². The molecule has 164 valence electrons. The third-order valence-electron chi connectivity index (χ3n) is 5.41. The van der Waals surface area contributed by atoms with Crippen LogP contribution in [0.15, 0.2) is 51.8 Å². The predicted octanol–water partition coefficient (Wildman–Crippen LogP) is 2.35. The maximum Gasteiger partial charge on any atom is 0.340 e. The average molecular weight is 436 g/mol. The van der Waals surface area contributed by atoms with Crippen LogP contribution in [-0.4, -0.2) is 38.2 Å². The first-order chi connectivity index (χ1) is 15.2. The maximum absolute atomic E-state index is 12.6. The molecule has 0 fully saturated rings. The van der Waals surface area contributed by atoms with Crippen LogP contribution in [0.25, 0.3) is 21.9 Å². The van der Waals surface area contributed by atoms with Crippen LogP contribution in [-0.2, 0) is 22.4 Å². The molecule has 0 bridgehead atoms. The molecule has 0 radical (unpaired) electrons. The summed E-state index contributed by atoms with van der Waals surface area (Å²) in [7, 11) is 0. The van der Waals surface area contributed by atoms with Gasteiger partial charge >= 0.3 is 11.6 Å². The molecule has 0 saturated heterocycles. The van der Waals surface area contributed by atoms with Crippen molar-refractivity contribution in [2.45, 2.75) is 25.8 Å². The molecule has 2 heterocycles. The molecule has 9 nitrogen and oxygen atoms in total. The SMILES string of the molecule is Cc1c(CC(=O)NC(Cc2c[nH]c3ccccc23)C(=O)O)c(=O)oc2cc(O)cc(O)c12. The van der Waals surface area contributed by atoms with Crippen molar-refractivity contribution in [1.82, 2.24) is 10.3 Å². The number of para-hydroxylation sites is 1. The fourth-order valence-electron chi connectivity index (χ4n) is 3.84. The number of rotatable bonds is 6. The number of nitrogens with one attached hydrogen (secondary N) is 2. The van der Waals surface area contributed by atoms with E-state index >= 15 is 0 Å². The Morgan fingerprint density at radius 3 is 2.69 bits per heavy atom. The second-order valence-corrected chi connectivity index (χ2v) is 7.53. The number of benzene rings is 2. The summed E-state index contributed by atoms with van der Waals surface area (Å²) in [4.78, 5) is 39.9. The lowest BCUT2D eigenvalue weighted by Crippen LogP contribution is -2.43. The van der Waals surface area contributed by atoms with E-state index in [2.05, 4.69) is 10.3 Å². The molecule has 1 unspecified atom stereocenters. The van der Waals surface area contributed by atoms with Crippen molar-refractivity contribution in [1.29, 1.82) is 0 Å². The number of amides is 1. The number of carbonyl (C=O) groups excluding carboxylic acids is 1. The molecule has 1 atom stereocenters. The second kappa shape index (κ2) is 8.10. The smallest absolute Gasteiger partial charge is 0.340 e. The lowest BCUT2D eigenvalue weighted by Gasteiger charge is -2.15. The Labute approximate surface area is 180 Å². The molecule has 0 aliphatic heterocycles. The van der Waals surface area contributed by atoms with Crippen LogP contribution in [0.2, 0.25) is 0 Å². The summed E-state index contributed by atoms with van der Waals surface area (Å²) >= 11 is 0. The van der Waals surface area contributed by atoms with Gasteiger partial charge in [0.25, 0.3) is 0 Å². The minimum Gasteiger partial charge on any atom is -0.508 e. The number of hydrogen-bond donors (Lipinski definition) is 5. The number of aryl methyl sites for hydroxylation is 1. The van der Waals surface area contributed by atoms with Crippen molar-refractivity contribution >= 4 is 33.7 Å². The minimum atomic E-state index is -1.21. The van der Waals surface area contributed by atoms with E-state index in [1.165, 1.54) is 6.07 Å². The zero-order chi connectivity index (χ0) is 23.0. The molecule has 0 saturated carbocycles. The van der Waals surface area contributed by atoms with Gasteiger partial charge in [0, 0.05) is 35.7 Å². The highest BCUT2D eigenvalue weighted by molar-refractivity contribution is 5.91. The van der Waals surface area contributed by atoms with E-state index in [4.69, 9.17) is 4.42 Å². The van der Waals surface area contributed by atoms with E-state index in [9.17, 15) is 29.7 Å². The summed E-state index contributed by atoms with van der Waals surface area (Å²) in [6, 6.07) is 8.50. The van der Waals surface area contributed by atoms with Gasteiger partial charge in [-0.05, 0) is 24.1 Å². The number of phenols is 2. The molecular weight excluding hydrogens is 416 g/mol. The number of carbonyl (C=O) groups is 2. The molecule has 2 aromatic heterocycles. The van der Waals surface area contributed by atoms with Gasteiger partial charge in [-0.1, -0.05) is 18.2 Å². The lowest BCUT2D eigenvalue weighted by atomic mass is 10.0. The highest BCUT2D eigenvalue weighted by Gasteiger charge is 2.24. The topological polar surface area (TPSA) is 153 Å². The number of phenolic OH excluding ortho intramolecular Hbond substituents is 2. The van der Waals surface area contributed by atoms with Crippen molar-refractivity contribution in [2.75, 3.05) is 0 Å². The zero-order valence-corrected chi connectivity index (χ0v) is 17.0. The minimum absolute atomic E-state index is 0.00720. The molecule has 4 rings (SSSR count). The Morgan fingerprint density at radius 1 is 1.19 bits per heavy atom. The standard InChI is InChI=1S/C23H20N2O7/c1-11-15(23(31)32-19-8-13(26)7-18(27)21(11)19)9-20(28)25-17(22(29)30)6-12-10-24-16-5-3-2-4-14(12)16/h2-5,7-8,10,17,24,26-27H,6,9H2,1H3,(H,25,28)(H,29,30). The number of carboxylic acids is 1. The monoisotopic (exact) mass is 436 g/mol. The number of aromatic nitrogens is 1. The fraction of sp³-hybridized carbons (Fsp3) is 0.174. The first kappa shape index (κ1) is 21.0. The van der Waals surface area contributed by atoms with Gasteiger partial charge in [0.15, 0.2) is 0 Å². The summed E-state index contributed by atoms with van der Waals surface area (Å²) in [5.41, 5.74) is 1.07. The molecule has 4 aromatic rings. The zero-order valence-electron chi connectivity index (χ0n) is 17.0. The van der Waals surface area contributed by atoms with E-state index in [1.807, 2.05) is 24.3 Å². The van der Waals surface area contributed by atoms with E-state index < -0.39 is 30.0 Å². The molecule has 2 aromatic carbocycles. The molecule has 9 heteroatoms. The molecule has 32 heavy (non-hydrogen) atoms. The maximum atomic E-state index is 12.6. The third-order valence-corrected chi connectivity index (χ3v) is 5.41. The van der Waals surface area contributed by atoms with Gasteiger partial charge in [-0.25, -0.2) is 9.59 Å². The summed E-state index contributed by atoms with van der Waals surface area (Å²) in [5.74, 6) is -2.46. The van der Waals surface area contributed by atoms with E-state index in [-0.39, 0.29) is 34.5 Å². The van der Waals surface area contributed by atoms with E-state index in [1.54, 1.807) is 13.1 Å². The van der Waals surface area contributed by atoms with Crippen molar-refractivity contribution in [3.63, 3.8) is 0 Å². The third kappa shape index (κ3) is 3.87. The average Bonchev–Trinajstić information content (AvgIpc) is 3.13. The molecule has 1 amide bonds. The quantitative estimate of drug-likeness (QED) is 0.291. The van der Waals surface area contributed by atoms with Crippen LogP contribution in [0.3, 0.4) is 0 Å². The summed E-state index contributed by atoms with van der Waals surface area (Å²) in [5, 5.41) is 32.8. The normalized spacial score (nSPS) is 12.2. The Hall–Kier alpha value is -4.27. The number of carboxylic acid groups (broad SMARTS) is 1. The van der Waals surface area contributed by atoms with Crippen molar-refractivity contribution < 1.29 is 29.3 Å². The van der Waals surface area contributed by atoms with Crippen molar-refractivity contribution in [3.05, 3.63) is 69.7 Å². The molecule has 0 spiro atoms. The highest BCUT2D eigenvalue weighted by Crippen LogP contribution is 2.32. The summed E-state index contributed by atoms with van der Waals surface area (Å²) in [6.07, 6.45) is 1.33. The molecule has 0 aliphatic carbocycles. The number of hydrogen-bond acceptors (Lipinski definition) is 6. The van der Waals surface area contributed by atoms with Gasteiger partial charge in [0.1, 0.15) is 23.1 Å². The fourth-order valence-corrected chi connectivity index (χ4v) is 3.84. The van der Waals surface area contributed by atoms with Crippen molar-refractivity contribution in [2.24, 2.45) is 0 Å². The van der Waals surface area contributed by atoms with Gasteiger partial charge in [-0.15, -0.1) is 0 Å². The number of H-pyrrole nitrogens is 1. The van der Waals surface area contributed by atoms with Crippen LogP contribution in [0.4, 0.5) is 0 Å². The predicted molar refractivity (Wildman–Crippen MR) is 116 cm³/mol. The highest BCUT2D eigenvalue weighted by atomic mass is 16.4. The van der Waals surface area contributed by atoms with E-state index in [0.717, 1.165) is 22.5 Å². The van der Waals surface area contributed by atoms with Gasteiger partial charge in [-0.3, -0.25) is 4.79 Å². The summed E-state index contributed by atoms with van der Waals surface area (Å²) in [6.45, 7) is 1.54. The molecule has 5 N–H and O–H groups in total. The number of aromatic amines is 1. The Kier molecular flexibility index (Phi) is 5.31. The Bertz CT molecular complexity index is 1420. The molecular formula is C23H20N2O7. The number of aliphatic carboxylic acids is 1.